The highest BCUT2D eigenvalue weighted by Gasteiger charge is 2.28. The third kappa shape index (κ3) is 4.85. The number of hydrogen-bond donors (Lipinski definition) is 2. The molecule has 0 saturated heterocycles. The molecule has 24 heavy (non-hydrogen) atoms. The van der Waals surface area contributed by atoms with Crippen LogP contribution in [0.15, 0.2) is 42.0 Å². The van der Waals surface area contributed by atoms with Crippen molar-refractivity contribution in [3.05, 3.63) is 47.5 Å². The molecular formula is C19H27N3O2. The Hall–Kier alpha value is -2.30. The molecule has 5 nitrogen and oxygen atoms in total. The number of hydrogen-bond acceptors (Lipinski definition) is 2. The highest BCUT2D eigenvalue weighted by atomic mass is 16.2. The summed E-state index contributed by atoms with van der Waals surface area (Å²) in [6, 6.07) is 8.33. The minimum absolute atomic E-state index is 0.0816. The van der Waals surface area contributed by atoms with Crippen molar-refractivity contribution in [3.63, 3.8) is 0 Å². The Balaban J connectivity index is 2.08. The third-order valence-corrected chi connectivity index (χ3v) is 4.38. The van der Waals surface area contributed by atoms with Crippen molar-refractivity contribution >= 4 is 11.9 Å². The minimum atomic E-state index is -0.674. The fourth-order valence-corrected chi connectivity index (χ4v) is 2.99. The molecular weight excluding hydrogens is 302 g/mol. The number of carbonyl (C=O) groups excluding carboxylic acids is 2. The van der Waals surface area contributed by atoms with Crippen LogP contribution >= 0.6 is 0 Å². The molecule has 1 heterocycles. The Labute approximate surface area is 143 Å². The van der Waals surface area contributed by atoms with Crippen LogP contribution in [0.2, 0.25) is 0 Å². The molecule has 2 rings (SSSR count). The maximum Gasteiger partial charge on any atom is 0.312 e. The monoisotopic (exact) mass is 329 g/mol. The van der Waals surface area contributed by atoms with Crippen molar-refractivity contribution in [2.75, 3.05) is 13.1 Å². The lowest BCUT2D eigenvalue weighted by atomic mass is 9.83. The molecule has 0 fully saturated rings. The van der Waals surface area contributed by atoms with E-state index in [0.717, 1.165) is 12.0 Å². The zero-order valence-corrected chi connectivity index (χ0v) is 14.7. The molecule has 0 unspecified atom stereocenters. The van der Waals surface area contributed by atoms with Gasteiger partial charge in [-0.25, -0.2) is 4.79 Å². The number of amides is 3. The van der Waals surface area contributed by atoms with E-state index < -0.39 is 12.1 Å². The molecule has 0 radical (unpaired) electrons. The molecule has 1 aromatic carbocycles. The molecule has 1 aliphatic heterocycles. The SMILES string of the molecule is CC(C)(C)C1=CCN(C(=O)[C@H](Cc2ccccc2)NC(N)=O)CC1. The maximum atomic E-state index is 12.8. The molecule has 1 aromatic rings. The van der Waals surface area contributed by atoms with Gasteiger partial charge in [0.2, 0.25) is 5.91 Å². The van der Waals surface area contributed by atoms with Crippen LogP contribution in [0.25, 0.3) is 0 Å². The van der Waals surface area contributed by atoms with E-state index in [1.165, 1.54) is 5.57 Å². The standard InChI is InChI=1S/C19H27N3O2/c1-19(2,3)15-9-11-22(12-10-15)17(23)16(21-18(20)24)13-14-7-5-4-6-8-14/h4-9,16H,10-13H2,1-3H3,(H3,20,21,24)/t16-/m0/s1. The molecule has 0 bridgehead atoms. The summed E-state index contributed by atoms with van der Waals surface area (Å²) in [6.07, 6.45) is 3.43. The number of primary amides is 1. The van der Waals surface area contributed by atoms with Crippen LogP contribution in [-0.4, -0.2) is 36.0 Å². The van der Waals surface area contributed by atoms with Crippen LogP contribution in [0.4, 0.5) is 4.79 Å². The van der Waals surface area contributed by atoms with Crippen LogP contribution in [0.3, 0.4) is 0 Å². The van der Waals surface area contributed by atoms with Crippen LogP contribution in [-0.2, 0) is 11.2 Å². The minimum Gasteiger partial charge on any atom is -0.352 e. The number of nitrogens with zero attached hydrogens (tertiary/aromatic N) is 1. The Bertz CT molecular complexity index is 617. The van der Waals surface area contributed by atoms with Gasteiger partial charge in [-0.15, -0.1) is 0 Å². The normalized spacial score (nSPS) is 16.3. The van der Waals surface area contributed by atoms with Gasteiger partial charge in [-0.05, 0) is 17.4 Å². The van der Waals surface area contributed by atoms with Gasteiger partial charge >= 0.3 is 6.03 Å². The van der Waals surface area contributed by atoms with Crippen molar-refractivity contribution in [2.45, 2.75) is 39.7 Å². The van der Waals surface area contributed by atoms with E-state index in [1.807, 2.05) is 30.3 Å². The second-order valence-corrected chi connectivity index (χ2v) is 7.26. The number of urea groups is 1. The van der Waals surface area contributed by atoms with E-state index in [0.29, 0.717) is 19.5 Å². The van der Waals surface area contributed by atoms with Crippen molar-refractivity contribution < 1.29 is 9.59 Å². The number of nitrogens with one attached hydrogen (secondary N) is 1. The summed E-state index contributed by atoms with van der Waals surface area (Å²) in [7, 11) is 0. The van der Waals surface area contributed by atoms with Gasteiger partial charge in [0.05, 0.1) is 0 Å². The third-order valence-electron chi connectivity index (χ3n) is 4.38. The number of benzene rings is 1. The predicted molar refractivity (Wildman–Crippen MR) is 95.4 cm³/mol. The zero-order valence-electron chi connectivity index (χ0n) is 14.7. The van der Waals surface area contributed by atoms with Crippen molar-refractivity contribution in [1.82, 2.24) is 10.2 Å². The van der Waals surface area contributed by atoms with E-state index in [-0.39, 0.29) is 11.3 Å². The fourth-order valence-electron chi connectivity index (χ4n) is 2.99. The van der Waals surface area contributed by atoms with Crippen molar-refractivity contribution in [3.8, 4) is 0 Å². The van der Waals surface area contributed by atoms with Gasteiger partial charge in [-0.2, -0.15) is 0 Å². The first-order valence-corrected chi connectivity index (χ1v) is 8.35. The van der Waals surface area contributed by atoms with Gasteiger partial charge in [0.1, 0.15) is 6.04 Å². The van der Waals surface area contributed by atoms with Gasteiger partial charge < -0.3 is 16.0 Å². The average molecular weight is 329 g/mol. The van der Waals surface area contributed by atoms with Crippen molar-refractivity contribution in [2.24, 2.45) is 11.1 Å². The molecule has 3 N–H and O–H groups in total. The molecule has 5 heteroatoms. The summed E-state index contributed by atoms with van der Waals surface area (Å²) in [6.45, 7) is 7.81. The Morgan fingerprint density at radius 1 is 1.25 bits per heavy atom. The van der Waals surface area contributed by atoms with Gasteiger partial charge in [-0.1, -0.05) is 62.8 Å². The highest BCUT2D eigenvalue weighted by molar-refractivity contribution is 5.87. The second-order valence-electron chi connectivity index (χ2n) is 7.26. The maximum absolute atomic E-state index is 12.8. The smallest absolute Gasteiger partial charge is 0.312 e. The first-order chi connectivity index (χ1) is 11.3. The van der Waals surface area contributed by atoms with Crippen LogP contribution in [0, 0.1) is 5.41 Å². The van der Waals surface area contributed by atoms with E-state index in [1.54, 1.807) is 4.90 Å². The molecule has 0 saturated carbocycles. The summed E-state index contributed by atoms with van der Waals surface area (Å²) in [5, 5.41) is 2.59. The molecule has 130 valence electrons. The second kappa shape index (κ2) is 7.51. The van der Waals surface area contributed by atoms with Crippen LogP contribution < -0.4 is 11.1 Å². The lowest BCUT2D eigenvalue weighted by Crippen LogP contribution is -2.52. The summed E-state index contributed by atoms with van der Waals surface area (Å²) >= 11 is 0. The first-order valence-electron chi connectivity index (χ1n) is 8.35. The Kier molecular flexibility index (Phi) is 5.65. The fraction of sp³-hybridized carbons (Fsp3) is 0.474. The summed E-state index contributed by atoms with van der Waals surface area (Å²) in [5.41, 5.74) is 7.75. The average Bonchev–Trinajstić information content (AvgIpc) is 2.53. The van der Waals surface area contributed by atoms with E-state index in [4.69, 9.17) is 5.73 Å². The first kappa shape index (κ1) is 18.0. The van der Waals surface area contributed by atoms with E-state index >= 15 is 0 Å². The largest absolute Gasteiger partial charge is 0.352 e. The topological polar surface area (TPSA) is 75.4 Å². The van der Waals surface area contributed by atoms with Gasteiger partial charge in [0.25, 0.3) is 0 Å². The zero-order chi connectivity index (χ0) is 17.7. The predicted octanol–water partition coefficient (Wildman–Crippen LogP) is 2.47. The number of nitrogens with two attached hydrogens (primary N) is 1. The van der Waals surface area contributed by atoms with Crippen LogP contribution in [0.5, 0.6) is 0 Å². The number of rotatable bonds is 4. The van der Waals surface area contributed by atoms with Gasteiger partial charge in [-0.3, -0.25) is 4.79 Å². The molecule has 0 aliphatic carbocycles. The lowest BCUT2D eigenvalue weighted by molar-refractivity contribution is -0.132. The quantitative estimate of drug-likeness (QED) is 0.833. The molecule has 1 aliphatic rings. The van der Waals surface area contributed by atoms with Crippen molar-refractivity contribution in [1.29, 1.82) is 0 Å². The molecule has 0 aromatic heterocycles. The van der Waals surface area contributed by atoms with Gasteiger partial charge in [0, 0.05) is 19.5 Å². The number of carbonyl (C=O) groups is 2. The summed E-state index contributed by atoms with van der Waals surface area (Å²) in [4.78, 5) is 25.9. The van der Waals surface area contributed by atoms with E-state index in [9.17, 15) is 9.59 Å². The van der Waals surface area contributed by atoms with E-state index in [2.05, 4.69) is 32.2 Å². The highest BCUT2D eigenvalue weighted by Crippen LogP contribution is 2.30. The summed E-state index contributed by atoms with van der Waals surface area (Å²) < 4.78 is 0. The van der Waals surface area contributed by atoms with Crippen LogP contribution in [0.1, 0.15) is 32.8 Å². The lowest BCUT2D eigenvalue weighted by Gasteiger charge is -2.34. The molecule has 1 atom stereocenters. The van der Waals surface area contributed by atoms with Gasteiger partial charge in [0.15, 0.2) is 0 Å². The Morgan fingerprint density at radius 3 is 2.42 bits per heavy atom. The molecule has 0 spiro atoms. The summed E-state index contributed by atoms with van der Waals surface area (Å²) in [5.74, 6) is -0.0816. The molecule has 3 amide bonds. The Morgan fingerprint density at radius 2 is 1.92 bits per heavy atom.